The Morgan fingerprint density at radius 2 is 1.57 bits per heavy atom. The number of sulfonamides is 1. The van der Waals surface area contributed by atoms with E-state index in [-0.39, 0.29) is 28.2 Å². The van der Waals surface area contributed by atoms with Gasteiger partial charge >= 0.3 is 0 Å². The zero-order chi connectivity index (χ0) is 25.4. The van der Waals surface area contributed by atoms with Crippen LogP contribution in [0.25, 0.3) is 0 Å². The van der Waals surface area contributed by atoms with Gasteiger partial charge < -0.3 is 19.5 Å². The van der Waals surface area contributed by atoms with Crippen LogP contribution in [0.1, 0.15) is 5.56 Å². The van der Waals surface area contributed by atoms with E-state index in [1.807, 2.05) is 12.1 Å². The first kappa shape index (κ1) is 26.5. The van der Waals surface area contributed by atoms with E-state index in [2.05, 4.69) is 10.0 Å². The molecular formula is C24H24Cl2N2O6S. The van der Waals surface area contributed by atoms with E-state index < -0.39 is 10.0 Å². The van der Waals surface area contributed by atoms with Gasteiger partial charge in [-0.15, -0.1) is 0 Å². The first-order valence-electron chi connectivity index (χ1n) is 10.4. The minimum atomic E-state index is -3.87. The van der Waals surface area contributed by atoms with Crippen molar-refractivity contribution < 1.29 is 27.4 Å². The summed E-state index contributed by atoms with van der Waals surface area (Å²) in [5, 5.41) is 3.31. The number of ether oxygens (including phenoxy) is 3. The Hall–Kier alpha value is -3.14. The summed E-state index contributed by atoms with van der Waals surface area (Å²) in [7, 11) is -0.750. The van der Waals surface area contributed by atoms with Crippen molar-refractivity contribution in [3.05, 3.63) is 76.3 Å². The molecular weight excluding hydrogens is 515 g/mol. The van der Waals surface area contributed by atoms with Gasteiger partial charge in [-0.3, -0.25) is 9.52 Å². The molecule has 0 aromatic heterocycles. The minimum absolute atomic E-state index is 0.0517. The zero-order valence-electron chi connectivity index (χ0n) is 19.0. The second-order valence-electron chi connectivity index (χ2n) is 7.28. The van der Waals surface area contributed by atoms with Crippen molar-refractivity contribution in [3.8, 4) is 17.2 Å². The molecule has 186 valence electrons. The quantitative estimate of drug-likeness (QED) is 0.371. The summed E-state index contributed by atoms with van der Waals surface area (Å²) < 4.78 is 43.6. The molecule has 2 N–H and O–H groups in total. The maximum Gasteiger partial charge on any atom is 0.261 e. The molecule has 0 bridgehead atoms. The molecule has 0 spiro atoms. The Morgan fingerprint density at radius 3 is 2.23 bits per heavy atom. The van der Waals surface area contributed by atoms with E-state index in [4.69, 9.17) is 37.4 Å². The summed E-state index contributed by atoms with van der Waals surface area (Å²) in [5.74, 6) is 1.09. The molecule has 3 aromatic rings. The minimum Gasteiger partial charge on any atom is -0.493 e. The van der Waals surface area contributed by atoms with Gasteiger partial charge in [-0.25, -0.2) is 8.42 Å². The van der Waals surface area contributed by atoms with Crippen LogP contribution < -0.4 is 24.2 Å². The Labute approximate surface area is 214 Å². The maximum absolute atomic E-state index is 12.6. The van der Waals surface area contributed by atoms with Crippen molar-refractivity contribution in [1.29, 1.82) is 0 Å². The molecule has 1 amide bonds. The van der Waals surface area contributed by atoms with Gasteiger partial charge in [-0.2, -0.15) is 0 Å². The molecule has 3 aromatic carbocycles. The number of anilines is 1. The second kappa shape index (κ2) is 12.0. The topological polar surface area (TPSA) is 103 Å². The van der Waals surface area contributed by atoms with Crippen LogP contribution in [-0.4, -0.2) is 41.7 Å². The number of carbonyl (C=O) groups is 1. The number of methoxy groups -OCH3 is 2. The van der Waals surface area contributed by atoms with Gasteiger partial charge in [-0.05, 0) is 66.6 Å². The molecule has 0 fully saturated rings. The van der Waals surface area contributed by atoms with Crippen LogP contribution >= 0.6 is 23.2 Å². The van der Waals surface area contributed by atoms with Crippen LogP contribution in [0.3, 0.4) is 0 Å². The molecule has 0 radical (unpaired) electrons. The number of nitrogens with one attached hydrogen (secondary N) is 2. The summed E-state index contributed by atoms with van der Waals surface area (Å²) in [6, 6.07) is 15.8. The summed E-state index contributed by atoms with van der Waals surface area (Å²) in [6.07, 6.45) is 0.583. The predicted octanol–water partition coefficient (Wildman–Crippen LogP) is 4.55. The third-order valence-electron chi connectivity index (χ3n) is 4.85. The standard InChI is InChI=1S/C24H24Cl2N2O6S/c1-32-22-9-3-16(13-23(22)33-2)11-12-27-24(29)15-34-21-10-8-19(14-20(21)26)35(30,31)28-18-6-4-17(25)5-7-18/h3-10,13-14,28H,11-12,15H2,1-2H3,(H,27,29). The van der Waals surface area contributed by atoms with Crippen molar-refractivity contribution in [2.24, 2.45) is 0 Å². The second-order valence-corrected chi connectivity index (χ2v) is 9.81. The van der Waals surface area contributed by atoms with Crippen molar-refractivity contribution in [3.63, 3.8) is 0 Å². The largest absolute Gasteiger partial charge is 0.493 e. The molecule has 0 aliphatic rings. The molecule has 0 atom stereocenters. The first-order chi connectivity index (χ1) is 16.7. The highest BCUT2D eigenvalue weighted by Gasteiger charge is 2.17. The monoisotopic (exact) mass is 538 g/mol. The number of carbonyl (C=O) groups excluding carboxylic acids is 1. The number of amides is 1. The highest BCUT2D eigenvalue weighted by atomic mass is 35.5. The van der Waals surface area contributed by atoms with E-state index in [9.17, 15) is 13.2 Å². The number of benzene rings is 3. The predicted molar refractivity (Wildman–Crippen MR) is 135 cm³/mol. The van der Waals surface area contributed by atoms with Gasteiger partial charge in [0.15, 0.2) is 18.1 Å². The van der Waals surface area contributed by atoms with Gasteiger partial charge in [-0.1, -0.05) is 29.3 Å². The average Bonchev–Trinajstić information content (AvgIpc) is 2.84. The highest BCUT2D eigenvalue weighted by molar-refractivity contribution is 7.92. The van der Waals surface area contributed by atoms with Crippen molar-refractivity contribution >= 4 is 44.8 Å². The van der Waals surface area contributed by atoms with Crippen molar-refractivity contribution in [2.75, 3.05) is 32.1 Å². The average molecular weight is 539 g/mol. The lowest BCUT2D eigenvalue weighted by atomic mass is 10.1. The van der Waals surface area contributed by atoms with Crippen LogP contribution in [0, 0.1) is 0 Å². The Bertz CT molecular complexity index is 1280. The number of rotatable bonds is 11. The van der Waals surface area contributed by atoms with Gasteiger partial charge in [0.2, 0.25) is 0 Å². The third-order valence-corrected chi connectivity index (χ3v) is 6.78. The van der Waals surface area contributed by atoms with E-state index >= 15 is 0 Å². The van der Waals surface area contributed by atoms with Crippen LogP contribution in [0.4, 0.5) is 5.69 Å². The number of hydrogen-bond acceptors (Lipinski definition) is 6. The zero-order valence-corrected chi connectivity index (χ0v) is 21.3. The summed E-state index contributed by atoms with van der Waals surface area (Å²) in [6.45, 7) is 0.111. The lowest BCUT2D eigenvalue weighted by Gasteiger charge is -2.12. The molecule has 8 nitrogen and oxygen atoms in total. The van der Waals surface area contributed by atoms with Gasteiger partial charge in [0, 0.05) is 17.3 Å². The fourth-order valence-electron chi connectivity index (χ4n) is 3.07. The van der Waals surface area contributed by atoms with Crippen LogP contribution in [0.2, 0.25) is 10.0 Å². The SMILES string of the molecule is COc1ccc(CCNC(=O)COc2ccc(S(=O)(=O)Nc3ccc(Cl)cc3)cc2Cl)cc1OC. The first-order valence-corrected chi connectivity index (χ1v) is 12.6. The number of halogens is 2. The molecule has 0 saturated heterocycles. The van der Waals surface area contributed by atoms with Gasteiger partial charge in [0.05, 0.1) is 24.1 Å². The molecule has 0 unspecified atom stereocenters. The molecule has 0 aliphatic carbocycles. The normalized spacial score (nSPS) is 11.0. The van der Waals surface area contributed by atoms with E-state index in [0.717, 1.165) is 5.56 Å². The summed E-state index contributed by atoms with van der Waals surface area (Å²) >= 11 is 12.0. The van der Waals surface area contributed by atoms with E-state index in [1.54, 1.807) is 44.6 Å². The van der Waals surface area contributed by atoms with E-state index in [0.29, 0.717) is 35.2 Å². The molecule has 11 heteroatoms. The Kier molecular flexibility index (Phi) is 9.08. The van der Waals surface area contributed by atoms with Gasteiger partial charge in [0.1, 0.15) is 5.75 Å². The Morgan fingerprint density at radius 1 is 0.886 bits per heavy atom. The van der Waals surface area contributed by atoms with E-state index in [1.165, 1.54) is 18.2 Å². The molecule has 0 aliphatic heterocycles. The lowest BCUT2D eigenvalue weighted by Crippen LogP contribution is -2.30. The third kappa shape index (κ3) is 7.42. The van der Waals surface area contributed by atoms with Crippen LogP contribution in [-0.2, 0) is 21.2 Å². The van der Waals surface area contributed by atoms with Crippen LogP contribution in [0.5, 0.6) is 17.2 Å². The summed E-state index contributed by atoms with van der Waals surface area (Å²) in [4.78, 5) is 12.1. The molecule has 0 heterocycles. The Balaban J connectivity index is 1.51. The smallest absolute Gasteiger partial charge is 0.261 e. The molecule has 0 saturated carbocycles. The fourth-order valence-corrected chi connectivity index (χ4v) is 4.58. The lowest BCUT2D eigenvalue weighted by molar-refractivity contribution is -0.123. The molecule has 3 rings (SSSR count). The summed E-state index contributed by atoms with van der Waals surface area (Å²) in [5.41, 5.74) is 1.33. The van der Waals surface area contributed by atoms with Crippen LogP contribution in [0.15, 0.2) is 65.6 Å². The van der Waals surface area contributed by atoms with Gasteiger partial charge in [0.25, 0.3) is 15.9 Å². The fraction of sp³-hybridized carbons (Fsp3) is 0.208. The highest BCUT2D eigenvalue weighted by Crippen LogP contribution is 2.29. The molecule has 35 heavy (non-hydrogen) atoms. The maximum atomic E-state index is 12.6. The number of hydrogen-bond donors (Lipinski definition) is 2. The van der Waals surface area contributed by atoms with Crippen molar-refractivity contribution in [1.82, 2.24) is 5.32 Å². The van der Waals surface area contributed by atoms with Crippen molar-refractivity contribution in [2.45, 2.75) is 11.3 Å².